The third-order valence-electron chi connectivity index (χ3n) is 10.7. The molecule has 0 atom stereocenters. The number of fused-ring (bicyclic) bond motifs is 6. The Morgan fingerprint density at radius 1 is 0.304 bits per heavy atom. The first-order chi connectivity index (χ1) is 27.7. The van der Waals surface area contributed by atoms with Gasteiger partial charge >= 0.3 is 0 Å². The second-order valence-corrected chi connectivity index (χ2v) is 15.1. The molecule has 3 heterocycles. The lowest BCUT2D eigenvalue weighted by Gasteiger charge is -2.10. The van der Waals surface area contributed by atoms with E-state index in [1.807, 2.05) is 72.0 Å². The highest BCUT2D eigenvalue weighted by molar-refractivity contribution is 7.25. The smallest absolute Gasteiger partial charge is 0.164 e. The molecule has 0 N–H and O–H groups in total. The van der Waals surface area contributed by atoms with Crippen molar-refractivity contribution in [2.24, 2.45) is 0 Å². The average Bonchev–Trinajstić information content (AvgIpc) is 3.81. The van der Waals surface area contributed by atoms with Gasteiger partial charge in [0.25, 0.3) is 0 Å². The number of rotatable bonds is 6. The number of para-hydroxylation sites is 1. The van der Waals surface area contributed by atoms with E-state index in [1.54, 1.807) is 0 Å². The van der Waals surface area contributed by atoms with E-state index in [2.05, 4.69) is 138 Å². The molecule has 0 amide bonds. The number of hydrogen-bond acceptors (Lipinski definition) is 4. The summed E-state index contributed by atoms with van der Waals surface area (Å²) in [6.07, 6.45) is 0. The Balaban J connectivity index is 0.959. The van der Waals surface area contributed by atoms with Crippen LogP contribution in [0.2, 0.25) is 0 Å². The van der Waals surface area contributed by atoms with E-state index in [1.165, 1.54) is 64.2 Å². The second-order valence-electron chi connectivity index (χ2n) is 14.1. The lowest BCUT2D eigenvalue weighted by Crippen LogP contribution is -1.99. The van der Waals surface area contributed by atoms with E-state index in [9.17, 15) is 0 Å². The van der Waals surface area contributed by atoms with Crippen LogP contribution in [-0.2, 0) is 0 Å². The van der Waals surface area contributed by atoms with Crippen LogP contribution in [-0.4, -0.2) is 19.5 Å². The predicted molar refractivity (Wildman–Crippen MR) is 234 cm³/mol. The Morgan fingerprint density at radius 2 is 0.732 bits per heavy atom. The van der Waals surface area contributed by atoms with E-state index in [0.29, 0.717) is 17.5 Å². The van der Waals surface area contributed by atoms with Crippen molar-refractivity contribution in [2.45, 2.75) is 0 Å². The summed E-state index contributed by atoms with van der Waals surface area (Å²) in [5.74, 6) is 1.99. The number of nitrogens with zero attached hydrogens (tertiary/aromatic N) is 4. The molecule has 0 unspecified atom stereocenters. The minimum atomic E-state index is 0.664. The van der Waals surface area contributed by atoms with Crippen LogP contribution in [0.5, 0.6) is 0 Å². The standard InChI is InChI=1S/C51H32N4S/c1-4-12-33(13-5-1)37-22-27-42-41-18-10-11-19-45(41)55(46(42)30-37)40-25-20-34(21-26-40)38-23-28-43-44-29-24-39(32-48(44)56-47(43)31-38)51-53-49(35-14-6-2-7-15-35)52-50(54-51)36-16-8-3-9-17-36/h1-32H. The molecular weight excluding hydrogens is 701 g/mol. The van der Waals surface area contributed by atoms with Gasteiger partial charge < -0.3 is 4.57 Å². The molecule has 8 aromatic carbocycles. The Bertz CT molecular complexity index is 3160. The Morgan fingerprint density at radius 3 is 1.36 bits per heavy atom. The molecule has 11 aromatic rings. The first-order valence-corrected chi connectivity index (χ1v) is 19.6. The van der Waals surface area contributed by atoms with Crippen LogP contribution in [0, 0.1) is 0 Å². The summed E-state index contributed by atoms with van der Waals surface area (Å²) in [4.78, 5) is 14.8. The zero-order valence-electron chi connectivity index (χ0n) is 30.2. The molecule has 5 heteroatoms. The lowest BCUT2D eigenvalue weighted by molar-refractivity contribution is 1.07. The topological polar surface area (TPSA) is 43.6 Å². The molecule has 0 bridgehead atoms. The quantitative estimate of drug-likeness (QED) is 0.171. The molecule has 262 valence electrons. The molecule has 4 nitrogen and oxygen atoms in total. The van der Waals surface area contributed by atoms with Crippen LogP contribution in [0.4, 0.5) is 0 Å². The van der Waals surface area contributed by atoms with E-state index in [0.717, 1.165) is 22.4 Å². The summed E-state index contributed by atoms with van der Waals surface area (Å²) in [6, 6.07) is 68.8. The van der Waals surface area contributed by atoms with Crippen molar-refractivity contribution < 1.29 is 0 Å². The molecule has 0 saturated carbocycles. The van der Waals surface area contributed by atoms with Gasteiger partial charge in [0.1, 0.15) is 0 Å². The molecule has 0 saturated heterocycles. The highest BCUT2D eigenvalue weighted by atomic mass is 32.1. The van der Waals surface area contributed by atoms with Gasteiger partial charge in [-0.2, -0.15) is 0 Å². The monoisotopic (exact) mass is 732 g/mol. The van der Waals surface area contributed by atoms with Gasteiger partial charge in [0.05, 0.1) is 11.0 Å². The summed E-state index contributed by atoms with van der Waals surface area (Å²) in [5, 5.41) is 5.00. The van der Waals surface area contributed by atoms with Crippen LogP contribution in [0.1, 0.15) is 0 Å². The maximum atomic E-state index is 4.97. The molecular formula is C51H32N4S. The van der Waals surface area contributed by atoms with Crippen LogP contribution < -0.4 is 0 Å². The minimum absolute atomic E-state index is 0.664. The van der Waals surface area contributed by atoms with Crippen LogP contribution >= 0.6 is 11.3 Å². The molecule has 0 radical (unpaired) electrons. The zero-order valence-corrected chi connectivity index (χ0v) is 31.0. The van der Waals surface area contributed by atoms with Gasteiger partial charge in [-0.15, -0.1) is 11.3 Å². The summed E-state index contributed by atoms with van der Waals surface area (Å²) < 4.78 is 4.85. The fourth-order valence-electron chi connectivity index (χ4n) is 7.90. The first kappa shape index (κ1) is 32.2. The SMILES string of the molecule is c1ccc(-c2ccc3c4ccccc4n(-c4ccc(-c5ccc6c(c5)sc5cc(-c7nc(-c8ccccc8)nc(-c8ccccc8)n7)ccc56)cc4)c3c2)cc1. The minimum Gasteiger partial charge on any atom is -0.309 e. The summed E-state index contributed by atoms with van der Waals surface area (Å²) in [6.45, 7) is 0. The van der Waals surface area contributed by atoms with Crippen LogP contribution in [0.25, 0.3) is 104 Å². The fourth-order valence-corrected chi connectivity index (χ4v) is 9.08. The molecule has 0 aliphatic carbocycles. The Labute approximate surface area is 327 Å². The molecule has 0 aliphatic rings. The van der Waals surface area contributed by atoms with Gasteiger partial charge in [0.15, 0.2) is 17.5 Å². The van der Waals surface area contributed by atoms with Crippen molar-refractivity contribution in [3.05, 3.63) is 194 Å². The van der Waals surface area contributed by atoms with Crippen molar-refractivity contribution in [1.82, 2.24) is 19.5 Å². The number of benzene rings is 8. The van der Waals surface area contributed by atoms with Crippen LogP contribution in [0.3, 0.4) is 0 Å². The highest BCUT2D eigenvalue weighted by Gasteiger charge is 2.16. The lowest BCUT2D eigenvalue weighted by atomic mass is 10.0. The van der Waals surface area contributed by atoms with Gasteiger partial charge in [-0.1, -0.05) is 158 Å². The molecule has 0 spiro atoms. The highest BCUT2D eigenvalue weighted by Crippen LogP contribution is 2.39. The third-order valence-corrected chi connectivity index (χ3v) is 11.8. The van der Waals surface area contributed by atoms with Crippen molar-refractivity contribution in [3.8, 4) is 62.1 Å². The van der Waals surface area contributed by atoms with Gasteiger partial charge in [-0.3, -0.25) is 0 Å². The second kappa shape index (κ2) is 13.3. The van der Waals surface area contributed by atoms with E-state index in [-0.39, 0.29) is 0 Å². The molecule has 56 heavy (non-hydrogen) atoms. The summed E-state index contributed by atoms with van der Waals surface area (Å²) in [7, 11) is 0. The largest absolute Gasteiger partial charge is 0.309 e. The van der Waals surface area contributed by atoms with Crippen molar-refractivity contribution >= 4 is 53.3 Å². The average molecular weight is 733 g/mol. The van der Waals surface area contributed by atoms with Gasteiger partial charge in [0, 0.05) is 53.3 Å². The number of aromatic nitrogens is 4. The molecule has 0 aliphatic heterocycles. The Hall–Kier alpha value is -7.21. The van der Waals surface area contributed by atoms with Gasteiger partial charge in [-0.25, -0.2) is 15.0 Å². The van der Waals surface area contributed by atoms with E-state index < -0.39 is 0 Å². The maximum Gasteiger partial charge on any atom is 0.164 e. The van der Waals surface area contributed by atoms with Crippen molar-refractivity contribution in [3.63, 3.8) is 0 Å². The third kappa shape index (κ3) is 5.56. The van der Waals surface area contributed by atoms with E-state index >= 15 is 0 Å². The molecule has 11 rings (SSSR count). The predicted octanol–water partition coefficient (Wildman–Crippen LogP) is 13.7. The normalized spacial score (nSPS) is 11.6. The zero-order chi connectivity index (χ0) is 37.0. The Kier molecular flexibility index (Phi) is 7.64. The van der Waals surface area contributed by atoms with Crippen molar-refractivity contribution in [1.29, 1.82) is 0 Å². The number of thiophene rings is 1. The number of hydrogen-bond donors (Lipinski definition) is 0. The van der Waals surface area contributed by atoms with E-state index in [4.69, 9.17) is 15.0 Å². The van der Waals surface area contributed by atoms with Crippen molar-refractivity contribution in [2.75, 3.05) is 0 Å². The molecule has 0 fully saturated rings. The maximum absolute atomic E-state index is 4.97. The molecule has 3 aromatic heterocycles. The van der Waals surface area contributed by atoms with Gasteiger partial charge in [-0.05, 0) is 58.7 Å². The van der Waals surface area contributed by atoms with Gasteiger partial charge in [0.2, 0.25) is 0 Å². The summed E-state index contributed by atoms with van der Waals surface area (Å²) >= 11 is 1.81. The fraction of sp³-hybridized carbons (Fsp3) is 0. The van der Waals surface area contributed by atoms with Crippen LogP contribution in [0.15, 0.2) is 194 Å². The first-order valence-electron chi connectivity index (χ1n) is 18.8. The summed E-state index contributed by atoms with van der Waals surface area (Å²) in [5.41, 5.74) is 11.3.